The van der Waals surface area contributed by atoms with Crippen molar-refractivity contribution in [3.8, 4) is 0 Å². The Morgan fingerprint density at radius 1 is 1.52 bits per heavy atom. The molecule has 120 valence electrons. The summed E-state index contributed by atoms with van der Waals surface area (Å²) in [7, 11) is -3.05. The van der Waals surface area contributed by atoms with Crippen LogP contribution in [0.1, 0.15) is 37.2 Å². The minimum atomic E-state index is -3.05. The Labute approximate surface area is 124 Å². The van der Waals surface area contributed by atoms with Gasteiger partial charge in [0, 0.05) is 19.3 Å². The number of hydrogen-bond donors (Lipinski definition) is 1. The SMILES string of the molecule is CCN1CCOC(c2noc(C(N)CCS(C)(=O)=O)n2)C1. The van der Waals surface area contributed by atoms with Crippen LogP contribution >= 0.6 is 0 Å². The minimum Gasteiger partial charge on any atom is -0.367 e. The maximum absolute atomic E-state index is 11.1. The molecule has 1 aliphatic heterocycles. The fourth-order valence-electron chi connectivity index (χ4n) is 2.14. The Hall–Kier alpha value is -1.03. The Morgan fingerprint density at radius 2 is 2.29 bits per heavy atom. The molecule has 1 aromatic heterocycles. The zero-order valence-corrected chi connectivity index (χ0v) is 13.2. The van der Waals surface area contributed by atoms with Crippen LogP contribution in [0.25, 0.3) is 0 Å². The predicted octanol–water partition coefficient (Wildman–Crippen LogP) is -0.103. The summed E-state index contributed by atoms with van der Waals surface area (Å²) < 4.78 is 33.1. The zero-order valence-electron chi connectivity index (χ0n) is 12.4. The Balaban J connectivity index is 1.97. The van der Waals surface area contributed by atoms with Crippen LogP contribution in [0, 0.1) is 0 Å². The summed E-state index contributed by atoms with van der Waals surface area (Å²) in [4.78, 5) is 6.50. The van der Waals surface area contributed by atoms with Crippen LogP contribution in [-0.4, -0.2) is 61.7 Å². The first kappa shape index (κ1) is 16.3. The molecule has 0 aliphatic carbocycles. The molecular formula is C12H22N4O4S. The molecule has 2 unspecified atom stereocenters. The van der Waals surface area contributed by atoms with E-state index in [9.17, 15) is 8.42 Å². The number of hydrogen-bond acceptors (Lipinski definition) is 8. The van der Waals surface area contributed by atoms with E-state index >= 15 is 0 Å². The van der Waals surface area contributed by atoms with Crippen LogP contribution in [0.2, 0.25) is 0 Å². The molecule has 1 fully saturated rings. The van der Waals surface area contributed by atoms with E-state index in [1.165, 1.54) is 6.26 Å². The first-order valence-corrected chi connectivity index (χ1v) is 9.06. The quantitative estimate of drug-likeness (QED) is 0.774. The second-order valence-electron chi connectivity index (χ2n) is 5.27. The predicted molar refractivity (Wildman–Crippen MR) is 76.4 cm³/mol. The second kappa shape index (κ2) is 6.82. The summed E-state index contributed by atoms with van der Waals surface area (Å²) in [6.07, 6.45) is 1.21. The van der Waals surface area contributed by atoms with E-state index in [1.54, 1.807) is 0 Å². The fourth-order valence-corrected chi connectivity index (χ4v) is 2.82. The van der Waals surface area contributed by atoms with E-state index in [-0.39, 0.29) is 24.2 Å². The molecule has 0 amide bonds. The lowest BCUT2D eigenvalue weighted by molar-refractivity contribution is -0.0334. The summed E-state index contributed by atoms with van der Waals surface area (Å²) >= 11 is 0. The van der Waals surface area contributed by atoms with Gasteiger partial charge in [0.1, 0.15) is 15.9 Å². The molecule has 0 radical (unpaired) electrons. The highest BCUT2D eigenvalue weighted by molar-refractivity contribution is 7.90. The zero-order chi connectivity index (χ0) is 15.5. The highest BCUT2D eigenvalue weighted by atomic mass is 32.2. The number of nitrogens with zero attached hydrogens (tertiary/aromatic N) is 3. The van der Waals surface area contributed by atoms with Crippen molar-refractivity contribution in [2.45, 2.75) is 25.5 Å². The maximum atomic E-state index is 11.1. The molecule has 2 rings (SSSR count). The Kier molecular flexibility index (Phi) is 5.31. The average molecular weight is 318 g/mol. The number of rotatable bonds is 6. The van der Waals surface area contributed by atoms with Crippen LogP contribution < -0.4 is 5.73 Å². The van der Waals surface area contributed by atoms with Gasteiger partial charge >= 0.3 is 0 Å². The molecule has 1 saturated heterocycles. The summed E-state index contributed by atoms with van der Waals surface area (Å²) in [6.45, 7) is 5.27. The van der Waals surface area contributed by atoms with Gasteiger partial charge in [-0.25, -0.2) is 8.42 Å². The molecule has 8 nitrogen and oxygen atoms in total. The lowest BCUT2D eigenvalue weighted by Gasteiger charge is -2.30. The molecule has 2 atom stereocenters. The second-order valence-corrected chi connectivity index (χ2v) is 7.53. The van der Waals surface area contributed by atoms with Gasteiger partial charge in [-0.3, -0.25) is 4.90 Å². The molecule has 0 aromatic carbocycles. The van der Waals surface area contributed by atoms with E-state index in [0.29, 0.717) is 19.0 Å². The lowest BCUT2D eigenvalue weighted by atomic mass is 10.2. The third kappa shape index (κ3) is 4.73. The molecule has 21 heavy (non-hydrogen) atoms. The molecule has 0 saturated carbocycles. The summed E-state index contributed by atoms with van der Waals surface area (Å²) in [6, 6.07) is -0.577. The number of sulfone groups is 1. The van der Waals surface area contributed by atoms with E-state index < -0.39 is 15.9 Å². The maximum Gasteiger partial charge on any atom is 0.243 e. The van der Waals surface area contributed by atoms with Gasteiger partial charge in [-0.1, -0.05) is 12.1 Å². The number of morpholine rings is 1. The number of likely N-dealkylation sites (N-methyl/N-ethyl adjacent to an activating group) is 1. The average Bonchev–Trinajstić information content (AvgIpc) is 2.94. The molecule has 0 spiro atoms. The molecule has 1 aromatic rings. The van der Waals surface area contributed by atoms with E-state index in [4.69, 9.17) is 15.0 Å². The fraction of sp³-hybridized carbons (Fsp3) is 0.833. The monoisotopic (exact) mass is 318 g/mol. The van der Waals surface area contributed by atoms with Gasteiger partial charge in [0.2, 0.25) is 11.7 Å². The van der Waals surface area contributed by atoms with Gasteiger partial charge in [0.05, 0.1) is 18.4 Å². The highest BCUT2D eigenvalue weighted by Gasteiger charge is 2.26. The Morgan fingerprint density at radius 3 is 2.95 bits per heavy atom. The third-order valence-corrected chi connectivity index (χ3v) is 4.44. The Bertz CT molecular complexity index is 559. The molecule has 2 heterocycles. The van der Waals surface area contributed by atoms with Crippen LogP contribution in [0.5, 0.6) is 0 Å². The van der Waals surface area contributed by atoms with Crippen molar-refractivity contribution in [1.82, 2.24) is 15.0 Å². The first-order chi connectivity index (χ1) is 9.89. The van der Waals surface area contributed by atoms with Crippen molar-refractivity contribution >= 4 is 9.84 Å². The standard InChI is InChI=1S/C12H22N4O4S/c1-3-16-5-6-19-10(8-16)11-14-12(20-15-11)9(13)4-7-21(2,17)18/h9-10H,3-8,13H2,1-2H3. The molecule has 2 N–H and O–H groups in total. The van der Waals surface area contributed by atoms with Gasteiger partial charge in [-0.2, -0.15) is 4.98 Å². The van der Waals surface area contributed by atoms with E-state index in [0.717, 1.165) is 13.1 Å². The van der Waals surface area contributed by atoms with Crippen molar-refractivity contribution in [3.63, 3.8) is 0 Å². The lowest BCUT2D eigenvalue weighted by Crippen LogP contribution is -2.38. The smallest absolute Gasteiger partial charge is 0.243 e. The molecular weight excluding hydrogens is 296 g/mol. The van der Waals surface area contributed by atoms with Crippen LogP contribution in [0.4, 0.5) is 0 Å². The van der Waals surface area contributed by atoms with Crippen molar-refractivity contribution < 1.29 is 17.7 Å². The van der Waals surface area contributed by atoms with Crippen molar-refractivity contribution in [2.24, 2.45) is 5.73 Å². The largest absolute Gasteiger partial charge is 0.367 e. The first-order valence-electron chi connectivity index (χ1n) is 7.00. The normalized spacial score (nSPS) is 22.3. The van der Waals surface area contributed by atoms with Crippen molar-refractivity contribution in [2.75, 3.05) is 38.2 Å². The third-order valence-electron chi connectivity index (χ3n) is 3.46. The topological polar surface area (TPSA) is 112 Å². The van der Waals surface area contributed by atoms with Gasteiger partial charge < -0.3 is 15.0 Å². The van der Waals surface area contributed by atoms with Crippen LogP contribution in [-0.2, 0) is 14.6 Å². The summed E-state index contributed by atoms with van der Waals surface area (Å²) in [5.41, 5.74) is 5.89. The molecule has 1 aliphatic rings. The number of ether oxygens (including phenoxy) is 1. The van der Waals surface area contributed by atoms with Gasteiger partial charge in [0.15, 0.2) is 0 Å². The molecule has 9 heteroatoms. The van der Waals surface area contributed by atoms with E-state index in [1.807, 2.05) is 0 Å². The highest BCUT2D eigenvalue weighted by Crippen LogP contribution is 2.21. The number of nitrogens with two attached hydrogens (primary N) is 1. The van der Waals surface area contributed by atoms with Crippen molar-refractivity contribution in [3.05, 3.63) is 11.7 Å². The van der Waals surface area contributed by atoms with E-state index in [2.05, 4.69) is 22.0 Å². The number of aromatic nitrogens is 2. The van der Waals surface area contributed by atoms with Gasteiger partial charge in [-0.15, -0.1) is 0 Å². The van der Waals surface area contributed by atoms with Crippen LogP contribution in [0.3, 0.4) is 0 Å². The summed E-state index contributed by atoms with van der Waals surface area (Å²) in [5.74, 6) is 0.721. The van der Waals surface area contributed by atoms with Crippen LogP contribution in [0.15, 0.2) is 4.52 Å². The minimum absolute atomic E-state index is 0.00454. The molecule has 0 bridgehead atoms. The van der Waals surface area contributed by atoms with Gasteiger partial charge in [0.25, 0.3) is 0 Å². The summed E-state index contributed by atoms with van der Waals surface area (Å²) in [5, 5.41) is 3.91. The van der Waals surface area contributed by atoms with Gasteiger partial charge in [-0.05, 0) is 13.0 Å². The van der Waals surface area contributed by atoms with Crippen molar-refractivity contribution in [1.29, 1.82) is 0 Å².